The highest BCUT2D eigenvalue weighted by Gasteiger charge is 2.04. The second-order valence-electron chi connectivity index (χ2n) is 1.51. The molecule has 0 aliphatic heterocycles. The fourth-order valence-corrected chi connectivity index (χ4v) is 0.516. The molecule has 0 spiro atoms. The maximum Gasteiger partial charge on any atom is 0.183 e. The third-order valence-corrected chi connectivity index (χ3v) is 0.841. The Labute approximate surface area is 55.6 Å². The second-order valence-corrected chi connectivity index (χ2v) is 1.51. The predicted molar refractivity (Wildman–Crippen MR) is 32.6 cm³/mol. The van der Waals surface area contributed by atoms with Crippen LogP contribution in [0.3, 0.4) is 0 Å². The number of ether oxygens (including phenoxy) is 2. The van der Waals surface area contributed by atoms with Crippen LogP contribution in [0, 0.1) is 0 Å². The first kappa shape index (κ1) is 8.88. The molecule has 55 valence electrons. The standard InChI is InChI=1S/C6H13O3/c1-3-8-6(5-7)9-4-2/h6H,3-5H2,1-2H3. The fourth-order valence-electron chi connectivity index (χ4n) is 0.516. The van der Waals surface area contributed by atoms with E-state index in [1.165, 1.54) is 0 Å². The van der Waals surface area contributed by atoms with Gasteiger partial charge in [-0.25, -0.2) is 5.11 Å². The lowest BCUT2D eigenvalue weighted by molar-refractivity contribution is -0.166. The van der Waals surface area contributed by atoms with Gasteiger partial charge in [-0.2, -0.15) is 0 Å². The lowest BCUT2D eigenvalue weighted by atomic mass is 10.6. The number of rotatable bonds is 5. The fraction of sp³-hybridized carbons (Fsp3) is 1.00. The number of hydrogen-bond acceptors (Lipinski definition) is 2. The van der Waals surface area contributed by atoms with E-state index in [1.807, 2.05) is 13.8 Å². The molecule has 0 aromatic rings. The molecule has 0 aliphatic rings. The SMILES string of the molecule is CCOC(C[O])OCC. The molecule has 1 radical (unpaired) electrons. The molecular formula is C6H13O3. The summed E-state index contributed by atoms with van der Waals surface area (Å²) >= 11 is 0. The highest BCUT2D eigenvalue weighted by molar-refractivity contribution is 4.35. The Morgan fingerprint density at radius 1 is 1.22 bits per heavy atom. The summed E-state index contributed by atoms with van der Waals surface area (Å²) in [4.78, 5) is 0. The average molecular weight is 133 g/mol. The van der Waals surface area contributed by atoms with Crippen LogP contribution < -0.4 is 0 Å². The maximum atomic E-state index is 10.2. The predicted octanol–water partition coefficient (Wildman–Crippen LogP) is 0.816. The second kappa shape index (κ2) is 6.01. The summed E-state index contributed by atoms with van der Waals surface area (Å²) in [6.45, 7) is 4.42. The van der Waals surface area contributed by atoms with Crippen molar-refractivity contribution >= 4 is 0 Å². The Kier molecular flexibility index (Phi) is 5.93. The molecule has 9 heavy (non-hydrogen) atoms. The first-order chi connectivity index (χ1) is 4.35. The van der Waals surface area contributed by atoms with Gasteiger partial charge in [-0.3, -0.25) is 0 Å². The smallest absolute Gasteiger partial charge is 0.183 e. The monoisotopic (exact) mass is 133 g/mol. The zero-order chi connectivity index (χ0) is 7.11. The lowest BCUT2D eigenvalue weighted by Gasteiger charge is -2.11. The summed E-state index contributed by atoms with van der Waals surface area (Å²) in [5.41, 5.74) is 0. The summed E-state index contributed by atoms with van der Waals surface area (Å²) < 4.78 is 9.79. The van der Waals surface area contributed by atoms with Gasteiger partial charge in [-0.05, 0) is 13.8 Å². The minimum atomic E-state index is -0.542. The van der Waals surface area contributed by atoms with Gasteiger partial charge in [0.25, 0.3) is 0 Å². The van der Waals surface area contributed by atoms with Crippen molar-refractivity contribution in [2.75, 3.05) is 19.8 Å². The van der Waals surface area contributed by atoms with Gasteiger partial charge in [0.05, 0.1) is 0 Å². The Balaban J connectivity index is 3.18. The van der Waals surface area contributed by atoms with E-state index < -0.39 is 6.29 Å². The Morgan fingerprint density at radius 2 is 1.67 bits per heavy atom. The molecule has 0 aliphatic carbocycles. The molecule has 3 nitrogen and oxygen atoms in total. The highest BCUT2D eigenvalue weighted by Crippen LogP contribution is 1.92. The Morgan fingerprint density at radius 3 is 1.89 bits per heavy atom. The van der Waals surface area contributed by atoms with E-state index in [9.17, 15) is 5.11 Å². The van der Waals surface area contributed by atoms with E-state index in [0.717, 1.165) is 0 Å². The van der Waals surface area contributed by atoms with Crippen LogP contribution in [0.1, 0.15) is 13.8 Å². The van der Waals surface area contributed by atoms with Crippen LogP contribution in [0.25, 0.3) is 0 Å². The Bertz CT molecular complexity index is 50.3. The molecule has 0 heterocycles. The third-order valence-electron chi connectivity index (χ3n) is 0.841. The van der Waals surface area contributed by atoms with Crippen molar-refractivity contribution in [1.29, 1.82) is 0 Å². The van der Waals surface area contributed by atoms with E-state index in [4.69, 9.17) is 9.47 Å². The topological polar surface area (TPSA) is 38.4 Å². The van der Waals surface area contributed by atoms with Crippen LogP contribution in [0.15, 0.2) is 0 Å². The summed E-state index contributed by atoms with van der Waals surface area (Å²) in [5, 5.41) is 10.2. The molecule has 0 fully saturated rings. The van der Waals surface area contributed by atoms with Crippen LogP contribution in [-0.2, 0) is 14.6 Å². The lowest BCUT2D eigenvalue weighted by Crippen LogP contribution is -2.20. The van der Waals surface area contributed by atoms with Gasteiger partial charge in [-0.1, -0.05) is 0 Å². The summed E-state index contributed by atoms with van der Waals surface area (Å²) in [6, 6.07) is 0. The minimum absolute atomic E-state index is 0.318. The van der Waals surface area contributed by atoms with Gasteiger partial charge < -0.3 is 9.47 Å². The van der Waals surface area contributed by atoms with E-state index in [1.54, 1.807) is 0 Å². The quantitative estimate of drug-likeness (QED) is 0.521. The zero-order valence-electron chi connectivity index (χ0n) is 5.92. The summed E-state index contributed by atoms with van der Waals surface area (Å²) in [5.74, 6) is 0. The average Bonchev–Trinajstić information content (AvgIpc) is 1.88. The number of hydrogen-bond donors (Lipinski definition) is 0. The zero-order valence-corrected chi connectivity index (χ0v) is 5.92. The molecule has 0 bridgehead atoms. The Hall–Kier alpha value is -0.120. The molecule has 0 aromatic carbocycles. The van der Waals surface area contributed by atoms with Gasteiger partial charge in [0, 0.05) is 13.2 Å². The summed E-state index contributed by atoms with van der Waals surface area (Å²) in [7, 11) is 0. The van der Waals surface area contributed by atoms with Crippen molar-refractivity contribution < 1.29 is 14.6 Å². The molecule has 0 N–H and O–H groups in total. The van der Waals surface area contributed by atoms with Gasteiger partial charge in [-0.15, -0.1) is 0 Å². The van der Waals surface area contributed by atoms with Crippen LogP contribution in [0.5, 0.6) is 0 Å². The van der Waals surface area contributed by atoms with E-state index >= 15 is 0 Å². The maximum absolute atomic E-state index is 10.2. The van der Waals surface area contributed by atoms with Crippen molar-refractivity contribution in [3.8, 4) is 0 Å². The van der Waals surface area contributed by atoms with Crippen molar-refractivity contribution in [2.24, 2.45) is 0 Å². The van der Waals surface area contributed by atoms with Gasteiger partial charge >= 0.3 is 0 Å². The van der Waals surface area contributed by atoms with Crippen molar-refractivity contribution in [2.45, 2.75) is 20.1 Å². The molecule has 0 atom stereocenters. The molecule has 3 heteroatoms. The van der Waals surface area contributed by atoms with Crippen molar-refractivity contribution in [3.63, 3.8) is 0 Å². The molecular weight excluding hydrogens is 120 g/mol. The van der Waals surface area contributed by atoms with Crippen molar-refractivity contribution in [3.05, 3.63) is 0 Å². The van der Waals surface area contributed by atoms with Crippen molar-refractivity contribution in [1.82, 2.24) is 0 Å². The largest absolute Gasteiger partial charge is 0.350 e. The third kappa shape index (κ3) is 4.39. The van der Waals surface area contributed by atoms with Gasteiger partial charge in [0.2, 0.25) is 0 Å². The first-order valence-electron chi connectivity index (χ1n) is 3.16. The van der Waals surface area contributed by atoms with Crippen LogP contribution >= 0.6 is 0 Å². The molecule has 0 unspecified atom stereocenters. The first-order valence-corrected chi connectivity index (χ1v) is 3.16. The van der Waals surface area contributed by atoms with Gasteiger partial charge in [0.1, 0.15) is 6.61 Å². The van der Waals surface area contributed by atoms with Crippen LogP contribution in [0.4, 0.5) is 0 Å². The minimum Gasteiger partial charge on any atom is -0.350 e. The van der Waals surface area contributed by atoms with E-state index in [-0.39, 0.29) is 6.61 Å². The van der Waals surface area contributed by atoms with Crippen LogP contribution in [0.2, 0.25) is 0 Å². The molecule has 0 saturated heterocycles. The van der Waals surface area contributed by atoms with E-state index in [0.29, 0.717) is 13.2 Å². The molecule has 0 rings (SSSR count). The molecule has 0 aromatic heterocycles. The normalized spacial score (nSPS) is 10.7. The van der Waals surface area contributed by atoms with Gasteiger partial charge in [0.15, 0.2) is 6.29 Å². The highest BCUT2D eigenvalue weighted by atomic mass is 16.7. The molecule has 0 amide bonds. The summed E-state index contributed by atoms with van der Waals surface area (Å²) in [6.07, 6.45) is -0.542. The van der Waals surface area contributed by atoms with Crippen LogP contribution in [-0.4, -0.2) is 26.1 Å². The molecule has 0 saturated carbocycles. The van der Waals surface area contributed by atoms with E-state index in [2.05, 4.69) is 0 Å².